The van der Waals surface area contributed by atoms with Gasteiger partial charge in [-0.1, -0.05) is 13.0 Å². The second-order valence-electron chi connectivity index (χ2n) is 8.19. The predicted molar refractivity (Wildman–Crippen MR) is 116 cm³/mol. The summed E-state index contributed by atoms with van der Waals surface area (Å²) in [5.41, 5.74) is -0.781. The molecule has 0 saturated carbocycles. The van der Waals surface area contributed by atoms with E-state index in [2.05, 4.69) is 4.72 Å². The van der Waals surface area contributed by atoms with Gasteiger partial charge in [-0.25, -0.2) is 17.6 Å². The molecule has 0 radical (unpaired) electrons. The van der Waals surface area contributed by atoms with Gasteiger partial charge in [0, 0.05) is 11.8 Å². The van der Waals surface area contributed by atoms with Crippen LogP contribution in [0.2, 0.25) is 0 Å². The quantitative estimate of drug-likeness (QED) is 0.537. The highest BCUT2D eigenvalue weighted by atomic mass is 32.2. The Kier molecular flexibility index (Phi) is 6.01. The van der Waals surface area contributed by atoms with Gasteiger partial charge in [-0.15, -0.1) is 4.73 Å². The highest BCUT2D eigenvalue weighted by molar-refractivity contribution is 7.92. The number of nitrogens with zero attached hydrogens (tertiary/aromatic N) is 1. The van der Waals surface area contributed by atoms with Crippen LogP contribution in [0.3, 0.4) is 0 Å². The maximum Gasteiger partial charge on any atom is 0.338 e. The summed E-state index contributed by atoms with van der Waals surface area (Å²) in [7, 11) is -4.12. The molecule has 2 N–H and O–H groups in total. The number of nitrogens with one attached hydrogen (secondary N) is 1. The number of rotatable bonds is 6. The lowest BCUT2D eigenvalue weighted by Gasteiger charge is -2.17. The lowest BCUT2D eigenvalue weighted by atomic mass is 9.98. The van der Waals surface area contributed by atoms with Crippen LogP contribution in [0, 0.1) is 11.2 Å². The second kappa shape index (κ2) is 8.27. The third-order valence-corrected chi connectivity index (χ3v) is 6.03. The monoisotopic (exact) mass is 462 g/mol. The molecule has 8 nitrogen and oxygen atoms in total. The summed E-state index contributed by atoms with van der Waals surface area (Å²) >= 11 is 0. The van der Waals surface area contributed by atoms with Gasteiger partial charge in [-0.3, -0.25) is 9.52 Å². The molecule has 3 aromatic rings. The number of halogens is 1. The van der Waals surface area contributed by atoms with E-state index >= 15 is 0 Å². The molecule has 0 spiro atoms. The zero-order valence-electron chi connectivity index (χ0n) is 18.0. The van der Waals surface area contributed by atoms with Gasteiger partial charge in [0.15, 0.2) is 5.78 Å². The van der Waals surface area contributed by atoms with Crippen molar-refractivity contribution in [1.29, 1.82) is 0 Å². The Morgan fingerprint density at radius 3 is 2.44 bits per heavy atom. The van der Waals surface area contributed by atoms with Crippen LogP contribution in [0.5, 0.6) is 5.88 Å². The van der Waals surface area contributed by atoms with Gasteiger partial charge < -0.3 is 9.94 Å². The number of hydrogen-bond donors (Lipinski definition) is 2. The number of aromatic hydroxyl groups is 1. The van der Waals surface area contributed by atoms with Gasteiger partial charge in [-0.05, 0) is 57.2 Å². The number of hydrogen-bond acceptors (Lipinski definition) is 6. The number of carbonyl (C=O) groups is 2. The average molecular weight is 462 g/mol. The summed E-state index contributed by atoms with van der Waals surface area (Å²) in [4.78, 5) is 29.9. The van der Waals surface area contributed by atoms with Crippen molar-refractivity contribution in [1.82, 2.24) is 4.73 Å². The van der Waals surface area contributed by atoms with E-state index in [1.165, 1.54) is 30.3 Å². The first-order valence-electron chi connectivity index (χ1n) is 9.77. The minimum atomic E-state index is -4.12. The highest BCUT2D eigenvalue weighted by Gasteiger charge is 2.29. The molecule has 3 rings (SSSR count). The van der Waals surface area contributed by atoms with Gasteiger partial charge in [-0.2, -0.15) is 0 Å². The summed E-state index contributed by atoms with van der Waals surface area (Å²) in [6, 6.07) is 8.64. The van der Waals surface area contributed by atoms with E-state index in [0.29, 0.717) is 0 Å². The molecule has 32 heavy (non-hydrogen) atoms. The van der Waals surface area contributed by atoms with Crippen LogP contribution in [0.4, 0.5) is 10.1 Å². The molecule has 0 bridgehead atoms. The van der Waals surface area contributed by atoms with Gasteiger partial charge >= 0.3 is 5.97 Å². The van der Waals surface area contributed by atoms with Gasteiger partial charge in [0.2, 0.25) is 5.88 Å². The van der Waals surface area contributed by atoms with Crippen molar-refractivity contribution in [2.45, 2.75) is 39.0 Å². The van der Waals surface area contributed by atoms with Crippen molar-refractivity contribution in [3.8, 4) is 5.88 Å². The Morgan fingerprint density at radius 2 is 1.84 bits per heavy atom. The number of fused-ring (bicyclic) bond motifs is 1. The largest absolute Gasteiger partial charge is 0.492 e. The number of aromatic nitrogens is 1. The Hall–Kier alpha value is -3.40. The van der Waals surface area contributed by atoms with E-state index in [-0.39, 0.29) is 39.3 Å². The SMILES string of the molecule is CCC(=O)c1c(O)n(OC(=O)C(C)(C)C)c2cc(NS(=O)(=O)c3cccc(F)c3)ccc12. The lowest BCUT2D eigenvalue weighted by molar-refractivity contribution is -0.153. The maximum absolute atomic E-state index is 13.5. The van der Waals surface area contributed by atoms with E-state index in [9.17, 15) is 27.5 Å². The number of ketones is 1. The smallest absolute Gasteiger partial charge is 0.338 e. The molecule has 1 heterocycles. The van der Waals surface area contributed by atoms with Crippen molar-refractivity contribution in [3.63, 3.8) is 0 Å². The zero-order chi connectivity index (χ0) is 23.8. The summed E-state index contributed by atoms with van der Waals surface area (Å²) in [5.74, 6) is -2.33. The first kappa shape index (κ1) is 23.3. The van der Waals surface area contributed by atoms with Crippen LogP contribution in [-0.4, -0.2) is 30.0 Å². The van der Waals surface area contributed by atoms with Crippen molar-refractivity contribution >= 4 is 38.4 Å². The molecule has 1 aromatic heterocycles. The number of anilines is 1. The fourth-order valence-corrected chi connectivity index (χ4v) is 4.00. The summed E-state index contributed by atoms with van der Waals surface area (Å²) in [6.45, 7) is 6.48. The van der Waals surface area contributed by atoms with Gasteiger partial charge in [0.25, 0.3) is 10.0 Å². The number of sulfonamides is 1. The lowest BCUT2D eigenvalue weighted by Crippen LogP contribution is -2.31. The van der Waals surface area contributed by atoms with Crippen molar-refractivity contribution in [2.75, 3.05) is 4.72 Å². The first-order valence-corrected chi connectivity index (χ1v) is 11.2. The molecule has 0 fully saturated rings. The minimum Gasteiger partial charge on any atom is -0.492 e. The third kappa shape index (κ3) is 4.45. The number of carbonyl (C=O) groups excluding carboxylic acids is 2. The van der Waals surface area contributed by atoms with Crippen molar-refractivity contribution in [2.24, 2.45) is 5.41 Å². The predicted octanol–water partition coefficient (Wildman–Crippen LogP) is 3.88. The van der Waals surface area contributed by atoms with Crippen LogP contribution in [-0.2, 0) is 14.8 Å². The second-order valence-corrected chi connectivity index (χ2v) is 9.88. The van der Waals surface area contributed by atoms with Crippen LogP contribution < -0.4 is 9.56 Å². The first-order chi connectivity index (χ1) is 14.8. The molecule has 0 amide bonds. The van der Waals surface area contributed by atoms with E-state index < -0.39 is 33.1 Å². The molecule has 0 aliphatic carbocycles. The van der Waals surface area contributed by atoms with Crippen molar-refractivity contribution in [3.05, 3.63) is 53.8 Å². The third-order valence-electron chi connectivity index (χ3n) is 4.65. The van der Waals surface area contributed by atoms with E-state index in [0.717, 1.165) is 16.9 Å². The van der Waals surface area contributed by atoms with Crippen molar-refractivity contribution < 1.29 is 32.3 Å². The highest BCUT2D eigenvalue weighted by Crippen LogP contribution is 2.34. The van der Waals surface area contributed by atoms with Gasteiger partial charge in [0.1, 0.15) is 5.82 Å². The fourth-order valence-electron chi connectivity index (χ4n) is 2.92. The summed E-state index contributed by atoms with van der Waals surface area (Å²) in [6.07, 6.45) is 0.0911. The maximum atomic E-state index is 13.5. The van der Waals surface area contributed by atoms with E-state index in [1.807, 2.05) is 0 Å². The standard InChI is InChI=1S/C22H23FN2O6S/c1-5-18(26)19-16-10-9-14(24-32(29,30)15-8-6-7-13(23)11-15)12-17(16)25(20(19)27)31-21(28)22(2,3)4/h6-12,24,27H,5H2,1-4H3. The summed E-state index contributed by atoms with van der Waals surface area (Å²) in [5, 5.41) is 10.9. The summed E-state index contributed by atoms with van der Waals surface area (Å²) < 4.78 is 41.9. The zero-order valence-corrected chi connectivity index (χ0v) is 18.8. The molecule has 0 aliphatic rings. The van der Waals surface area contributed by atoms with Crippen LogP contribution in [0.1, 0.15) is 44.5 Å². The fraction of sp³-hybridized carbons (Fsp3) is 0.273. The molecule has 10 heteroatoms. The Morgan fingerprint density at radius 1 is 1.16 bits per heavy atom. The Labute approximate surface area is 184 Å². The molecule has 0 saturated heterocycles. The number of Topliss-reactive ketones (excluding diaryl/α,β-unsaturated/α-hetero) is 1. The van der Waals surface area contributed by atoms with Crippen LogP contribution in [0.15, 0.2) is 47.4 Å². The van der Waals surface area contributed by atoms with E-state index in [1.54, 1.807) is 27.7 Å². The normalized spacial score (nSPS) is 12.0. The molecular weight excluding hydrogens is 439 g/mol. The van der Waals surface area contributed by atoms with Crippen LogP contribution >= 0.6 is 0 Å². The average Bonchev–Trinajstić information content (AvgIpc) is 2.97. The van der Waals surface area contributed by atoms with Crippen LogP contribution in [0.25, 0.3) is 10.9 Å². The molecule has 0 unspecified atom stereocenters. The molecule has 0 atom stereocenters. The molecule has 2 aromatic carbocycles. The minimum absolute atomic E-state index is 0.0382. The molecular formula is C22H23FN2O6S. The Balaban J connectivity index is 2.13. The molecule has 0 aliphatic heterocycles. The van der Waals surface area contributed by atoms with E-state index in [4.69, 9.17) is 4.84 Å². The topological polar surface area (TPSA) is 115 Å². The van der Waals surface area contributed by atoms with Gasteiger partial charge in [0.05, 0.1) is 27.1 Å². The number of benzene rings is 2. The molecule has 170 valence electrons. The Bertz CT molecular complexity index is 1320.